The van der Waals surface area contributed by atoms with E-state index in [2.05, 4.69) is 15.0 Å². The number of nitrogens with zero attached hydrogens (tertiary/aromatic N) is 4. The zero-order chi connectivity index (χ0) is 14.3. The number of halogens is 3. The average Bonchev–Trinajstić information content (AvgIpc) is 2.40. The van der Waals surface area contributed by atoms with E-state index in [0.717, 1.165) is 0 Å². The highest BCUT2D eigenvalue weighted by molar-refractivity contribution is 6.30. The normalized spacial score (nSPS) is 22.2. The molecule has 2 aromatic heterocycles. The van der Waals surface area contributed by atoms with Crippen molar-refractivity contribution in [1.82, 2.24) is 15.0 Å². The number of anilines is 1. The molecule has 0 aromatic carbocycles. The first-order valence-electron chi connectivity index (χ1n) is 6.38. The predicted molar refractivity (Wildman–Crippen MR) is 73.3 cm³/mol. The van der Waals surface area contributed by atoms with E-state index >= 15 is 0 Å². The van der Waals surface area contributed by atoms with Gasteiger partial charge in [-0.2, -0.15) is 0 Å². The summed E-state index contributed by atoms with van der Waals surface area (Å²) in [5.41, 5.74) is 1.06. The van der Waals surface area contributed by atoms with Crippen molar-refractivity contribution >= 4 is 28.5 Å². The Bertz CT molecular complexity index is 649. The molecular formula is C13H13ClF2N4. The van der Waals surface area contributed by atoms with E-state index < -0.39 is 5.92 Å². The second-order valence-electron chi connectivity index (χ2n) is 5.06. The molecule has 1 aliphatic heterocycles. The van der Waals surface area contributed by atoms with Gasteiger partial charge in [-0.25, -0.2) is 18.7 Å². The third kappa shape index (κ3) is 2.40. The van der Waals surface area contributed by atoms with Crippen LogP contribution in [0.15, 0.2) is 18.5 Å². The molecule has 0 bridgehead atoms. The summed E-state index contributed by atoms with van der Waals surface area (Å²) < 4.78 is 27.4. The van der Waals surface area contributed by atoms with Gasteiger partial charge >= 0.3 is 0 Å². The smallest absolute Gasteiger partial charge is 0.265 e. The maximum atomic E-state index is 13.7. The number of hydrogen-bond acceptors (Lipinski definition) is 4. The average molecular weight is 299 g/mol. The molecule has 0 radical (unpaired) electrons. The van der Waals surface area contributed by atoms with Gasteiger partial charge in [0.05, 0.1) is 12.1 Å². The van der Waals surface area contributed by atoms with Crippen LogP contribution in [-0.2, 0) is 0 Å². The lowest BCUT2D eigenvalue weighted by Crippen LogP contribution is -2.48. The van der Waals surface area contributed by atoms with Gasteiger partial charge in [0.1, 0.15) is 10.7 Å². The van der Waals surface area contributed by atoms with E-state index in [0.29, 0.717) is 23.3 Å². The first kappa shape index (κ1) is 13.4. The first-order valence-corrected chi connectivity index (χ1v) is 6.76. The maximum absolute atomic E-state index is 13.7. The van der Waals surface area contributed by atoms with Crippen LogP contribution in [0.2, 0.25) is 5.15 Å². The van der Waals surface area contributed by atoms with Gasteiger partial charge in [0.25, 0.3) is 5.92 Å². The summed E-state index contributed by atoms with van der Waals surface area (Å²) >= 11 is 5.97. The molecule has 20 heavy (non-hydrogen) atoms. The lowest BCUT2D eigenvalue weighted by Gasteiger charge is -2.38. The van der Waals surface area contributed by atoms with Crippen molar-refractivity contribution in [3.8, 4) is 0 Å². The fourth-order valence-electron chi connectivity index (χ4n) is 2.47. The first-order chi connectivity index (χ1) is 9.46. The summed E-state index contributed by atoms with van der Waals surface area (Å²) in [6.07, 6.45) is 3.36. The quantitative estimate of drug-likeness (QED) is 0.758. The molecule has 1 saturated heterocycles. The van der Waals surface area contributed by atoms with Gasteiger partial charge in [-0.3, -0.25) is 4.98 Å². The Morgan fingerprint density at radius 3 is 2.90 bits per heavy atom. The Morgan fingerprint density at radius 1 is 1.35 bits per heavy atom. The van der Waals surface area contributed by atoms with Gasteiger partial charge in [-0.15, -0.1) is 0 Å². The van der Waals surface area contributed by atoms with Crippen molar-refractivity contribution in [1.29, 1.82) is 0 Å². The summed E-state index contributed by atoms with van der Waals surface area (Å²) in [5.74, 6) is -2.34. The van der Waals surface area contributed by atoms with Gasteiger partial charge in [0, 0.05) is 30.9 Å². The van der Waals surface area contributed by atoms with Gasteiger partial charge in [-0.05, 0) is 13.3 Å². The number of alkyl halides is 2. The van der Waals surface area contributed by atoms with Crippen LogP contribution in [0.4, 0.5) is 14.6 Å². The molecule has 0 saturated carbocycles. The Kier molecular flexibility index (Phi) is 3.20. The number of piperidine rings is 1. The molecular weight excluding hydrogens is 286 g/mol. The van der Waals surface area contributed by atoms with Gasteiger partial charge < -0.3 is 4.90 Å². The minimum Gasteiger partial charge on any atom is -0.346 e. The predicted octanol–water partition coefficient (Wildman–Crippen LogP) is 3.30. The Balaban J connectivity index is 2.13. The maximum Gasteiger partial charge on any atom is 0.265 e. The van der Waals surface area contributed by atoms with E-state index in [1.165, 1.54) is 12.4 Å². The topological polar surface area (TPSA) is 41.9 Å². The number of hydrogen-bond donors (Lipinski definition) is 0. The van der Waals surface area contributed by atoms with E-state index in [-0.39, 0.29) is 24.2 Å². The lowest BCUT2D eigenvalue weighted by atomic mass is 10.0. The summed E-state index contributed by atoms with van der Waals surface area (Å²) in [4.78, 5) is 14.1. The third-order valence-corrected chi connectivity index (χ3v) is 3.73. The highest BCUT2D eigenvalue weighted by Gasteiger charge is 2.39. The number of rotatable bonds is 1. The van der Waals surface area contributed by atoms with Gasteiger partial charge in [0.15, 0.2) is 5.82 Å². The molecule has 0 aliphatic carbocycles. The molecule has 1 aliphatic rings. The molecule has 7 heteroatoms. The summed E-state index contributed by atoms with van der Waals surface area (Å²) in [6, 6.07) is 1.55. The zero-order valence-electron chi connectivity index (χ0n) is 10.9. The van der Waals surface area contributed by atoms with Crippen LogP contribution in [-0.4, -0.2) is 33.5 Å². The van der Waals surface area contributed by atoms with E-state index in [4.69, 9.17) is 11.6 Å². The van der Waals surface area contributed by atoms with Crippen molar-refractivity contribution in [2.45, 2.75) is 31.7 Å². The van der Waals surface area contributed by atoms with Crippen LogP contribution in [0.3, 0.4) is 0 Å². The van der Waals surface area contributed by atoms with E-state index in [9.17, 15) is 8.78 Å². The molecule has 4 nitrogen and oxygen atoms in total. The standard InChI is InChI=1S/C13H13ClF2N4/c1-8-2-3-13(15,16)7-20(8)12-11-9(6-10(14)19-12)17-4-5-18-11/h4-6,8H,2-3,7H2,1H3. The largest absolute Gasteiger partial charge is 0.346 e. The highest BCUT2D eigenvalue weighted by atomic mass is 35.5. The third-order valence-electron chi connectivity index (χ3n) is 3.54. The second kappa shape index (κ2) is 4.77. The summed E-state index contributed by atoms with van der Waals surface area (Å²) in [5, 5.41) is 0.231. The number of pyridine rings is 1. The molecule has 106 valence electrons. The Morgan fingerprint density at radius 2 is 2.10 bits per heavy atom. The molecule has 0 amide bonds. The van der Waals surface area contributed by atoms with Gasteiger partial charge in [-0.1, -0.05) is 11.6 Å². The molecule has 3 rings (SSSR count). The minimum absolute atomic E-state index is 0.0363. The Labute approximate surface area is 119 Å². The molecule has 1 unspecified atom stereocenters. The molecule has 3 heterocycles. The number of fused-ring (bicyclic) bond motifs is 1. The SMILES string of the molecule is CC1CCC(F)(F)CN1c1nc(Cl)cc2nccnc12. The van der Waals surface area contributed by atoms with E-state index in [1.807, 2.05) is 6.92 Å². The molecule has 2 aromatic rings. The molecule has 0 spiro atoms. The van der Waals surface area contributed by atoms with Crippen molar-refractivity contribution in [2.24, 2.45) is 0 Å². The molecule has 0 N–H and O–H groups in total. The molecule has 1 fully saturated rings. The van der Waals surface area contributed by atoms with Crippen LogP contribution in [0.5, 0.6) is 0 Å². The summed E-state index contributed by atoms with van der Waals surface area (Å²) in [7, 11) is 0. The van der Waals surface area contributed by atoms with Crippen LogP contribution in [0.1, 0.15) is 19.8 Å². The Hall–Kier alpha value is -1.56. The second-order valence-corrected chi connectivity index (χ2v) is 5.45. The van der Waals surface area contributed by atoms with Crippen LogP contribution >= 0.6 is 11.6 Å². The van der Waals surface area contributed by atoms with Crippen molar-refractivity contribution in [3.05, 3.63) is 23.6 Å². The van der Waals surface area contributed by atoms with Crippen LogP contribution in [0.25, 0.3) is 11.0 Å². The van der Waals surface area contributed by atoms with E-state index in [1.54, 1.807) is 11.0 Å². The monoisotopic (exact) mass is 298 g/mol. The van der Waals surface area contributed by atoms with Crippen molar-refractivity contribution in [3.63, 3.8) is 0 Å². The van der Waals surface area contributed by atoms with Crippen LogP contribution < -0.4 is 4.90 Å². The van der Waals surface area contributed by atoms with Gasteiger partial charge in [0.2, 0.25) is 0 Å². The lowest BCUT2D eigenvalue weighted by molar-refractivity contribution is -0.0178. The summed E-state index contributed by atoms with van der Waals surface area (Å²) in [6.45, 7) is 1.53. The van der Waals surface area contributed by atoms with Crippen LogP contribution in [0, 0.1) is 0 Å². The van der Waals surface area contributed by atoms with Crippen molar-refractivity contribution in [2.75, 3.05) is 11.4 Å². The fourth-order valence-corrected chi connectivity index (χ4v) is 2.65. The van der Waals surface area contributed by atoms with Crippen molar-refractivity contribution < 1.29 is 8.78 Å². The minimum atomic E-state index is -2.72. The number of aromatic nitrogens is 3. The zero-order valence-corrected chi connectivity index (χ0v) is 11.6. The molecule has 1 atom stereocenters. The fraction of sp³-hybridized carbons (Fsp3) is 0.462. The highest BCUT2D eigenvalue weighted by Crippen LogP contribution is 2.35.